The van der Waals surface area contributed by atoms with Crippen molar-refractivity contribution in [2.75, 3.05) is 6.54 Å². The van der Waals surface area contributed by atoms with Crippen LogP contribution in [-0.2, 0) is 0 Å². The molecule has 0 aromatic heterocycles. The maximum absolute atomic E-state index is 3.49. The maximum atomic E-state index is 3.49. The van der Waals surface area contributed by atoms with Gasteiger partial charge in [0.05, 0.1) is 6.54 Å². The number of quaternary nitrogens is 1. The normalized spacial score (nSPS) is 3.60. The van der Waals surface area contributed by atoms with Gasteiger partial charge in [0.15, 0.2) is 0 Å². The lowest BCUT2D eigenvalue weighted by Gasteiger charge is -1.49. The van der Waals surface area contributed by atoms with Crippen LogP contribution in [0.2, 0.25) is 0 Å². The Morgan fingerprint density at radius 2 is 1.60 bits per heavy atom. The minimum Gasteiger partial charge on any atom is -1.00 e. The first kappa shape index (κ1) is 16.8. The Balaban J connectivity index is -0.0000000200. The Kier molecular flexibility index (Phi) is 68.9. The molecule has 3 heteroatoms. The van der Waals surface area contributed by atoms with Gasteiger partial charge in [-0.2, -0.15) is 0 Å². The molecule has 0 amide bonds. The second-order valence-electron chi connectivity index (χ2n) is 0.500. The maximum Gasteiger partial charge on any atom is 0.0711 e. The van der Waals surface area contributed by atoms with Gasteiger partial charge in [-0.1, -0.05) is 0 Å². The van der Waals surface area contributed by atoms with Crippen molar-refractivity contribution >= 4 is 17.0 Å². The van der Waals surface area contributed by atoms with Crippen LogP contribution < -0.4 is 22.7 Å². The van der Waals surface area contributed by atoms with E-state index < -0.39 is 0 Å². The lowest BCUT2D eigenvalue weighted by molar-refractivity contribution is -0.361. The van der Waals surface area contributed by atoms with Gasteiger partial charge < -0.3 is 22.7 Å². The van der Waals surface area contributed by atoms with Crippen LogP contribution in [0.5, 0.6) is 0 Å². The van der Waals surface area contributed by atoms with E-state index in [1.807, 2.05) is 6.92 Å². The zero-order valence-electron chi connectivity index (χ0n) is 3.20. The molecule has 0 saturated heterocycles. The highest BCUT2D eigenvalue weighted by Crippen LogP contribution is 1.13. The van der Waals surface area contributed by atoms with Crippen LogP contribution in [0.4, 0.5) is 0 Å². The zero-order chi connectivity index (χ0) is 2.71. The molecule has 1 nitrogen and oxygen atoms in total. The molecule has 0 aromatic carbocycles. The molecule has 0 fully saturated rings. The average Bonchev–Trinajstić information content (AvgIpc) is 0.918. The molecule has 0 aliphatic carbocycles. The molecular formula is C2H9Br2N. The molecular weight excluding hydrogens is 198 g/mol. The molecule has 0 aliphatic rings. The van der Waals surface area contributed by atoms with Crippen LogP contribution in [0, 0.1) is 0 Å². The summed E-state index contributed by atoms with van der Waals surface area (Å²) < 4.78 is 0. The van der Waals surface area contributed by atoms with Gasteiger partial charge in [0.25, 0.3) is 0 Å². The van der Waals surface area contributed by atoms with E-state index in [-0.39, 0.29) is 34.0 Å². The molecule has 0 rings (SSSR count). The predicted molar refractivity (Wildman–Crippen MR) is 23.8 cm³/mol. The Bertz CT molecular complexity index is 7.61. The van der Waals surface area contributed by atoms with Crippen LogP contribution in [-0.4, -0.2) is 6.54 Å². The summed E-state index contributed by atoms with van der Waals surface area (Å²) in [7, 11) is 0. The fourth-order valence-corrected chi connectivity index (χ4v) is 0. The first-order valence-corrected chi connectivity index (χ1v) is 1.21. The smallest absolute Gasteiger partial charge is 0.0711 e. The highest BCUT2D eigenvalue weighted by molar-refractivity contribution is 8.93. The minimum absolute atomic E-state index is 0. The summed E-state index contributed by atoms with van der Waals surface area (Å²) in [6.07, 6.45) is 0. The summed E-state index contributed by atoms with van der Waals surface area (Å²) in [6.45, 7) is 3.01. The Labute approximate surface area is 53.5 Å². The standard InChI is InChI=1S/C2H7N.2BrH/c1-2-3;;/h2-3H2,1H3;2*1H. The van der Waals surface area contributed by atoms with E-state index in [2.05, 4.69) is 5.73 Å². The lowest BCUT2D eigenvalue weighted by atomic mass is 10.8. The summed E-state index contributed by atoms with van der Waals surface area (Å²) in [6, 6.07) is 0. The zero-order valence-corrected chi connectivity index (χ0v) is 6.50. The van der Waals surface area contributed by atoms with Crippen molar-refractivity contribution in [1.29, 1.82) is 0 Å². The van der Waals surface area contributed by atoms with Crippen molar-refractivity contribution in [1.82, 2.24) is 0 Å². The Morgan fingerprint density at radius 3 is 1.60 bits per heavy atom. The first-order chi connectivity index (χ1) is 1.41. The van der Waals surface area contributed by atoms with Gasteiger partial charge in [0.2, 0.25) is 0 Å². The molecule has 0 heterocycles. The van der Waals surface area contributed by atoms with Crippen LogP contribution in [0.15, 0.2) is 0 Å². The second-order valence-corrected chi connectivity index (χ2v) is 0.500. The summed E-state index contributed by atoms with van der Waals surface area (Å²) >= 11 is 0. The van der Waals surface area contributed by atoms with Crippen molar-refractivity contribution in [2.45, 2.75) is 6.92 Å². The quantitative estimate of drug-likeness (QED) is 0.434. The molecule has 0 atom stereocenters. The molecule has 0 spiro atoms. The fraction of sp³-hybridized carbons (Fsp3) is 1.00. The summed E-state index contributed by atoms with van der Waals surface area (Å²) in [5.41, 5.74) is 3.49. The van der Waals surface area contributed by atoms with Crippen molar-refractivity contribution in [3.63, 3.8) is 0 Å². The van der Waals surface area contributed by atoms with Crippen molar-refractivity contribution in [3.8, 4) is 0 Å². The van der Waals surface area contributed by atoms with Crippen LogP contribution in [0.25, 0.3) is 0 Å². The van der Waals surface area contributed by atoms with E-state index in [0.29, 0.717) is 0 Å². The van der Waals surface area contributed by atoms with Gasteiger partial charge in [-0.15, -0.1) is 17.0 Å². The molecule has 0 radical (unpaired) electrons. The van der Waals surface area contributed by atoms with Crippen LogP contribution >= 0.6 is 17.0 Å². The van der Waals surface area contributed by atoms with E-state index >= 15 is 0 Å². The van der Waals surface area contributed by atoms with Crippen LogP contribution in [0.3, 0.4) is 0 Å². The topological polar surface area (TPSA) is 27.6 Å². The Hall–Kier alpha value is 0.920. The average molecular weight is 207 g/mol. The molecule has 0 bridgehead atoms. The summed E-state index contributed by atoms with van der Waals surface area (Å²) in [5.74, 6) is 0. The monoisotopic (exact) mass is 205 g/mol. The summed E-state index contributed by atoms with van der Waals surface area (Å²) in [5, 5.41) is 0. The molecule has 0 aromatic rings. The number of halogens is 2. The molecule has 36 valence electrons. The van der Waals surface area contributed by atoms with Gasteiger partial charge in [0.1, 0.15) is 0 Å². The van der Waals surface area contributed by atoms with E-state index in [0.717, 1.165) is 6.54 Å². The third kappa shape index (κ3) is 49.6. The van der Waals surface area contributed by atoms with Crippen LogP contribution in [0.1, 0.15) is 6.92 Å². The van der Waals surface area contributed by atoms with Gasteiger partial charge >= 0.3 is 0 Å². The van der Waals surface area contributed by atoms with Gasteiger partial charge in [-0.25, -0.2) is 0 Å². The molecule has 3 N–H and O–H groups in total. The first-order valence-electron chi connectivity index (χ1n) is 1.21. The Morgan fingerprint density at radius 1 is 1.60 bits per heavy atom. The molecule has 0 saturated carbocycles. The van der Waals surface area contributed by atoms with E-state index in [1.165, 1.54) is 0 Å². The van der Waals surface area contributed by atoms with Crippen molar-refractivity contribution in [2.24, 2.45) is 0 Å². The highest BCUT2D eigenvalue weighted by atomic mass is 79.9. The second kappa shape index (κ2) is 20.5. The third-order valence-corrected chi connectivity index (χ3v) is 0. The van der Waals surface area contributed by atoms with E-state index in [9.17, 15) is 0 Å². The number of hydrogen-bond donors (Lipinski definition) is 1. The lowest BCUT2D eigenvalue weighted by Crippen LogP contribution is -3.00. The van der Waals surface area contributed by atoms with Crippen molar-refractivity contribution < 1.29 is 22.7 Å². The number of rotatable bonds is 0. The molecule has 5 heavy (non-hydrogen) atoms. The summed E-state index contributed by atoms with van der Waals surface area (Å²) in [4.78, 5) is 0. The van der Waals surface area contributed by atoms with Gasteiger partial charge in [-0.05, 0) is 6.92 Å². The van der Waals surface area contributed by atoms with Gasteiger partial charge in [-0.3, -0.25) is 0 Å². The largest absolute Gasteiger partial charge is 1.00 e. The highest BCUT2D eigenvalue weighted by Gasteiger charge is 1.37. The molecule has 0 unspecified atom stereocenters. The minimum atomic E-state index is 0. The van der Waals surface area contributed by atoms with Crippen molar-refractivity contribution in [3.05, 3.63) is 0 Å². The third-order valence-electron chi connectivity index (χ3n) is 0. The SMILES string of the molecule is Br.CC[NH3+].[Br-]. The van der Waals surface area contributed by atoms with E-state index in [1.54, 1.807) is 0 Å². The molecule has 0 aliphatic heterocycles. The van der Waals surface area contributed by atoms with E-state index in [4.69, 9.17) is 0 Å². The predicted octanol–water partition coefficient (Wildman–Crippen LogP) is -3.17. The van der Waals surface area contributed by atoms with Gasteiger partial charge in [0, 0.05) is 0 Å². The number of hydrogen-bond acceptors (Lipinski definition) is 0. The fourth-order valence-electron chi connectivity index (χ4n) is 0.